The molecule has 154 valence electrons. The van der Waals surface area contributed by atoms with Gasteiger partial charge in [-0.15, -0.1) is 0 Å². The number of nitrogens with zero attached hydrogens (tertiary/aromatic N) is 2. The van der Waals surface area contributed by atoms with E-state index in [-0.39, 0.29) is 18.2 Å². The van der Waals surface area contributed by atoms with Crippen LogP contribution in [-0.4, -0.2) is 49.4 Å². The fourth-order valence-corrected chi connectivity index (χ4v) is 3.75. The van der Waals surface area contributed by atoms with Gasteiger partial charge in [0, 0.05) is 38.4 Å². The van der Waals surface area contributed by atoms with Crippen LogP contribution in [0.25, 0.3) is 0 Å². The highest BCUT2D eigenvalue weighted by atomic mass is 16.2. The number of carbonyl (C=O) groups excluding carboxylic acids is 2. The Morgan fingerprint density at radius 3 is 2.38 bits per heavy atom. The maximum absolute atomic E-state index is 12.5. The zero-order chi connectivity index (χ0) is 20.6. The van der Waals surface area contributed by atoms with Gasteiger partial charge < -0.3 is 15.1 Å². The first-order valence-electron chi connectivity index (χ1n) is 10.4. The number of benzene rings is 2. The van der Waals surface area contributed by atoms with Crippen molar-refractivity contribution in [3.05, 3.63) is 65.2 Å². The van der Waals surface area contributed by atoms with Crippen molar-refractivity contribution in [1.82, 2.24) is 10.2 Å². The first-order chi connectivity index (χ1) is 14.0. The van der Waals surface area contributed by atoms with Gasteiger partial charge in [0.1, 0.15) is 6.42 Å². The van der Waals surface area contributed by atoms with Crippen molar-refractivity contribution in [3.63, 3.8) is 0 Å². The average Bonchev–Trinajstić information content (AvgIpc) is 2.74. The number of rotatable bonds is 7. The van der Waals surface area contributed by atoms with E-state index >= 15 is 0 Å². The van der Waals surface area contributed by atoms with Gasteiger partial charge in [-0.3, -0.25) is 9.59 Å². The molecule has 1 aliphatic heterocycles. The van der Waals surface area contributed by atoms with Crippen molar-refractivity contribution in [3.8, 4) is 0 Å². The smallest absolute Gasteiger partial charge is 0.232 e. The lowest BCUT2D eigenvalue weighted by Gasteiger charge is -2.37. The maximum Gasteiger partial charge on any atom is 0.232 e. The number of amides is 2. The van der Waals surface area contributed by atoms with Gasteiger partial charge in [0.2, 0.25) is 11.8 Å². The van der Waals surface area contributed by atoms with E-state index in [0.29, 0.717) is 19.6 Å². The number of carbonyl (C=O) groups is 2. The Morgan fingerprint density at radius 1 is 0.931 bits per heavy atom. The summed E-state index contributed by atoms with van der Waals surface area (Å²) < 4.78 is 0. The summed E-state index contributed by atoms with van der Waals surface area (Å²) in [5, 5.41) is 2.87. The number of aryl methyl sites for hydroxylation is 2. The molecule has 1 N–H and O–H groups in total. The monoisotopic (exact) mass is 393 g/mol. The van der Waals surface area contributed by atoms with Crippen LogP contribution < -0.4 is 10.2 Å². The largest absolute Gasteiger partial charge is 0.368 e. The lowest BCUT2D eigenvalue weighted by Crippen LogP contribution is -2.49. The molecular weight excluding hydrogens is 362 g/mol. The number of nitrogens with one attached hydrogen (secondary N) is 1. The van der Waals surface area contributed by atoms with Crippen molar-refractivity contribution in [2.24, 2.45) is 0 Å². The third-order valence-corrected chi connectivity index (χ3v) is 5.67. The summed E-state index contributed by atoms with van der Waals surface area (Å²) in [5.74, 6) is -0.258. The summed E-state index contributed by atoms with van der Waals surface area (Å²) in [6.07, 6.45) is 1.74. The number of hydrogen-bond donors (Lipinski definition) is 1. The van der Waals surface area contributed by atoms with Gasteiger partial charge >= 0.3 is 0 Å². The molecule has 1 aliphatic rings. The molecule has 1 fully saturated rings. The Bertz CT molecular complexity index is 827. The predicted octanol–water partition coefficient (Wildman–Crippen LogP) is 3.09. The van der Waals surface area contributed by atoms with Crippen LogP contribution in [0.4, 0.5) is 5.69 Å². The van der Waals surface area contributed by atoms with E-state index in [1.54, 1.807) is 0 Å². The van der Waals surface area contributed by atoms with Crippen molar-refractivity contribution in [2.45, 2.75) is 33.1 Å². The zero-order valence-electron chi connectivity index (χ0n) is 17.5. The minimum Gasteiger partial charge on any atom is -0.368 e. The lowest BCUT2D eigenvalue weighted by molar-refractivity contribution is -0.136. The molecule has 1 heterocycles. The molecule has 0 unspecified atom stereocenters. The highest BCUT2D eigenvalue weighted by molar-refractivity contribution is 5.97. The van der Waals surface area contributed by atoms with Crippen LogP contribution in [0.3, 0.4) is 0 Å². The van der Waals surface area contributed by atoms with Crippen molar-refractivity contribution in [1.29, 1.82) is 0 Å². The summed E-state index contributed by atoms with van der Waals surface area (Å²) in [6, 6.07) is 16.6. The normalized spacial score (nSPS) is 14.0. The molecule has 0 spiro atoms. The van der Waals surface area contributed by atoms with E-state index in [2.05, 4.69) is 54.4 Å². The number of anilines is 1. The second-order valence-electron chi connectivity index (χ2n) is 7.70. The summed E-state index contributed by atoms with van der Waals surface area (Å²) in [4.78, 5) is 28.7. The van der Waals surface area contributed by atoms with E-state index in [9.17, 15) is 9.59 Å². The summed E-state index contributed by atoms with van der Waals surface area (Å²) >= 11 is 0. The summed E-state index contributed by atoms with van der Waals surface area (Å²) in [5.41, 5.74) is 5.08. The molecular formula is C24H31N3O2. The van der Waals surface area contributed by atoms with Crippen LogP contribution in [0, 0.1) is 13.8 Å². The maximum atomic E-state index is 12.5. The van der Waals surface area contributed by atoms with E-state index < -0.39 is 0 Å². The fourth-order valence-electron chi connectivity index (χ4n) is 3.75. The molecule has 2 aromatic rings. The van der Waals surface area contributed by atoms with Crippen LogP contribution in [0.1, 0.15) is 29.5 Å². The first-order valence-corrected chi connectivity index (χ1v) is 10.4. The Labute approximate surface area is 173 Å². The van der Waals surface area contributed by atoms with Gasteiger partial charge in [-0.25, -0.2) is 0 Å². The van der Waals surface area contributed by atoms with Crippen LogP contribution in [0.2, 0.25) is 0 Å². The molecule has 5 heteroatoms. The standard InChI is InChI=1S/C24H31N3O2/c1-19-8-6-12-22(20(19)2)26-14-16-27(17-15-26)24(29)18-23(28)25-13-7-11-21-9-4-3-5-10-21/h3-6,8-10,12H,7,11,13-18H2,1-2H3,(H,25,28). The van der Waals surface area contributed by atoms with Gasteiger partial charge in [0.05, 0.1) is 0 Å². The molecule has 2 amide bonds. The van der Waals surface area contributed by atoms with E-state index in [1.165, 1.54) is 22.4 Å². The molecule has 2 aromatic carbocycles. The SMILES string of the molecule is Cc1cccc(N2CCN(C(=O)CC(=O)NCCCc3ccccc3)CC2)c1C. The Kier molecular flexibility index (Phi) is 7.28. The predicted molar refractivity (Wildman–Crippen MR) is 117 cm³/mol. The Balaban J connectivity index is 1.38. The lowest BCUT2D eigenvalue weighted by atomic mass is 10.1. The molecule has 29 heavy (non-hydrogen) atoms. The minimum atomic E-state index is -0.181. The second-order valence-corrected chi connectivity index (χ2v) is 7.70. The second kappa shape index (κ2) is 10.1. The van der Waals surface area contributed by atoms with Crippen LogP contribution in [0.15, 0.2) is 48.5 Å². The molecule has 0 aliphatic carbocycles. The Morgan fingerprint density at radius 2 is 1.66 bits per heavy atom. The molecule has 0 saturated carbocycles. The molecule has 3 rings (SSSR count). The quantitative estimate of drug-likeness (QED) is 0.581. The molecule has 0 bridgehead atoms. The fraction of sp³-hybridized carbons (Fsp3) is 0.417. The third kappa shape index (κ3) is 5.83. The van der Waals surface area contributed by atoms with Gasteiger partial charge in [-0.1, -0.05) is 42.5 Å². The van der Waals surface area contributed by atoms with Gasteiger partial charge in [-0.2, -0.15) is 0 Å². The Hall–Kier alpha value is -2.82. The highest BCUT2D eigenvalue weighted by Gasteiger charge is 2.23. The molecule has 1 saturated heterocycles. The number of hydrogen-bond acceptors (Lipinski definition) is 3. The summed E-state index contributed by atoms with van der Waals surface area (Å²) in [6.45, 7) is 7.79. The number of piperazine rings is 1. The van der Waals surface area contributed by atoms with E-state index in [1.807, 2.05) is 23.1 Å². The van der Waals surface area contributed by atoms with E-state index in [0.717, 1.165) is 25.9 Å². The van der Waals surface area contributed by atoms with Crippen LogP contribution in [-0.2, 0) is 16.0 Å². The van der Waals surface area contributed by atoms with Crippen molar-refractivity contribution in [2.75, 3.05) is 37.6 Å². The molecule has 0 radical (unpaired) electrons. The van der Waals surface area contributed by atoms with Crippen LogP contribution in [0.5, 0.6) is 0 Å². The average molecular weight is 394 g/mol. The van der Waals surface area contributed by atoms with Crippen LogP contribution >= 0.6 is 0 Å². The summed E-state index contributed by atoms with van der Waals surface area (Å²) in [7, 11) is 0. The van der Waals surface area contributed by atoms with Gasteiger partial charge in [0.15, 0.2) is 0 Å². The first kappa shape index (κ1) is 20.9. The van der Waals surface area contributed by atoms with Gasteiger partial charge in [0.25, 0.3) is 0 Å². The third-order valence-electron chi connectivity index (χ3n) is 5.67. The molecule has 5 nitrogen and oxygen atoms in total. The minimum absolute atomic E-state index is 0.0607. The topological polar surface area (TPSA) is 52.7 Å². The highest BCUT2D eigenvalue weighted by Crippen LogP contribution is 2.23. The van der Waals surface area contributed by atoms with Gasteiger partial charge in [-0.05, 0) is 49.4 Å². The molecule has 0 atom stereocenters. The van der Waals surface area contributed by atoms with Crippen molar-refractivity contribution >= 4 is 17.5 Å². The zero-order valence-corrected chi connectivity index (χ0v) is 17.5. The molecule has 0 aromatic heterocycles. The van der Waals surface area contributed by atoms with Crippen molar-refractivity contribution < 1.29 is 9.59 Å². The van der Waals surface area contributed by atoms with E-state index in [4.69, 9.17) is 0 Å².